The van der Waals surface area contributed by atoms with Gasteiger partial charge in [0, 0.05) is 5.39 Å². The summed E-state index contributed by atoms with van der Waals surface area (Å²) < 4.78 is 22.0. The number of hydrogen-bond donors (Lipinski definition) is 1. The minimum absolute atomic E-state index is 0.0794. The van der Waals surface area contributed by atoms with E-state index < -0.39 is 29.5 Å². The second-order valence-electron chi connectivity index (χ2n) is 8.80. The van der Waals surface area contributed by atoms with E-state index in [9.17, 15) is 19.5 Å². The van der Waals surface area contributed by atoms with Crippen molar-refractivity contribution in [2.75, 3.05) is 25.2 Å². The molecule has 2 aromatic carbocycles. The largest absolute Gasteiger partial charge is 0.503 e. The molecular weight excluding hydrogens is 536 g/mol. The minimum atomic E-state index is -1.09. The number of amides is 1. The Hall–Kier alpha value is -4.64. The molecule has 1 aliphatic rings. The number of ketones is 1. The van der Waals surface area contributed by atoms with E-state index in [1.807, 2.05) is 6.92 Å². The predicted molar refractivity (Wildman–Crippen MR) is 147 cm³/mol. The Morgan fingerprint density at radius 1 is 1.12 bits per heavy atom. The summed E-state index contributed by atoms with van der Waals surface area (Å²) in [6, 6.07) is 12.5. The maximum atomic E-state index is 14.0. The molecule has 0 saturated heterocycles. The third-order valence-electron chi connectivity index (χ3n) is 6.34. The van der Waals surface area contributed by atoms with Crippen LogP contribution in [0.5, 0.6) is 11.5 Å². The Kier molecular flexibility index (Phi) is 7.31. The maximum absolute atomic E-state index is 14.0. The molecule has 1 aliphatic heterocycles. The topological polar surface area (TPSA) is 128 Å². The maximum Gasteiger partial charge on any atom is 0.350 e. The number of furan rings is 1. The number of Topliss-reactive ketones (excluding diaryl/α,β-unsaturated/α-hetero) is 1. The van der Waals surface area contributed by atoms with Gasteiger partial charge in [0.15, 0.2) is 28.0 Å². The van der Waals surface area contributed by atoms with Crippen LogP contribution in [0.2, 0.25) is 0 Å². The lowest BCUT2D eigenvalue weighted by molar-refractivity contribution is -0.117. The van der Waals surface area contributed by atoms with Gasteiger partial charge < -0.3 is 23.7 Å². The van der Waals surface area contributed by atoms with E-state index in [1.54, 1.807) is 56.3 Å². The molecule has 1 unspecified atom stereocenters. The highest BCUT2D eigenvalue weighted by molar-refractivity contribution is 7.17. The standard InChI is InChI=1S/C29H26N2O8S/c1-5-37-18-11-7-9-16(13-18)22-21(23(32)20-14-17-10-8-12-19(36-4)25(17)39-20)24(33)27(34)31(22)29-30-15(3)26(40-29)28(35)38-6-2/h7-14,22,33H,5-6H2,1-4H3. The van der Waals surface area contributed by atoms with Gasteiger partial charge in [0.25, 0.3) is 5.91 Å². The Morgan fingerprint density at radius 3 is 2.62 bits per heavy atom. The van der Waals surface area contributed by atoms with Crippen LogP contribution in [0.25, 0.3) is 11.0 Å². The molecule has 5 rings (SSSR count). The number of methoxy groups -OCH3 is 1. The molecule has 0 spiro atoms. The number of esters is 1. The highest BCUT2D eigenvalue weighted by Crippen LogP contribution is 2.45. The molecule has 1 atom stereocenters. The average Bonchev–Trinajstić information content (AvgIpc) is 3.62. The molecule has 206 valence electrons. The van der Waals surface area contributed by atoms with E-state index in [-0.39, 0.29) is 27.9 Å². The van der Waals surface area contributed by atoms with Gasteiger partial charge in [-0.1, -0.05) is 35.6 Å². The van der Waals surface area contributed by atoms with E-state index >= 15 is 0 Å². The second kappa shape index (κ2) is 10.9. The number of aryl methyl sites for hydroxylation is 1. The van der Waals surface area contributed by atoms with Gasteiger partial charge in [-0.15, -0.1) is 0 Å². The van der Waals surface area contributed by atoms with E-state index in [4.69, 9.17) is 18.6 Å². The predicted octanol–water partition coefficient (Wildman–Crippen LogP) is 5.56. The van der Waals surface area contributed by atoms with Crippen LogP contribution >= 0.6 is 11.3 Å². The second-order valence-corrected chi connectivity index (χ2v) is 9.77. The van der Waals surface area contributed by atoms with Gasteiger partial charge in [0.05, 0.1) is 37.6 Å². The quantitative estimate of drug-likeness (QED) is 0.206. The van der Waals surface area contributed by atoms with Crippen LogP contribution in [0.15, 0.2) is 64.3 Å². The summed E-state index contributed by atoms with van der Waals surface area (Å²) in [4.78, 5) is 45.9. The first-order valence-corrected chi connectivity index (χ1v) is 13.4. The number of carbonyl (C=O) groups excluding carboxylic acids is 3. The summed E-state index contributed by atoms with van der Waals surface area (Å²) >= 11 is 0.941. The lowest BCUT2D eigenvalue weighted by Crippen LogP contribution is -2.31. The zero-order valence-corrected chi connectivity index (χ0v) is 23.0. The summed E-state index contributed by atoms with van der Waals surface area (Å²) in [6.07, 6.45) is 0. The molecule has 1 amide bonds. The molecular formula is C29H26N2O8S. The van der Waals surface area contributed by atoms with Crippen molar-refractivity contribution in [3.8, 4) is 11.5 Å². The number of carbonyl (C=O) groups is 3. The van der Waals surface area contributed by atoms with Crippen molar-refractivity contribution in [1.82, 2.24) is 4.98 Å². The number of aliphatic hydroxyl groups excluding tert-OH is 1. The van der Waals surface area contributed by atoms with Crippen LogP contribution in [-0.4, -0.2) is 48.1 Å². The van der Waals surface area contributed by atoms with Gasteiger partial charge in [-0.2, -0.15) is 0 Å². The number of aliphatic hydroxyl groups is 1. The Morgan fingerprint density at radius 2 is 1.90 bits per heavy atom. The summed E-state index contributed by atoms with van der Waals surface area (Å²) in [5, 5.41) is 11.9. The number of para-hydroxylation sites is 1. The van der Waals surface area contributed by atoms with Gasteiger partial charge >= 0.3 is 5.97 Å². The number of anilines is 1. The van der Waals surface area contributed by atoms with Crippen LogP contribution in [0, 0.1) is 6.92 Å². The first-order valence-electron chi connectivity index (χ1n) is 12.5. The van der Waals surface area contributed by atoms with Gasteiger partial charge in [0.1, 0.15) is 10.6 Å². The third kappa shape index (κ3) is 4.58. The van der Waals surface area contributed by atoms with E-state index in [0.717, 1.165) is 11.3 Å². The molecule has 2 aromatic heterocycles. The average molecular weight is 563 g/mol. The van der Waals surface area contributed by atoms with Crippen LogP contribution in [0.1, 0.15) is 51.4 Å². The SMILES string of the molecule is CCOC(=O)c1sc(N2C(=O)C(O)=C(C(=O)c3cc4cccc(OC)c4o3)C2c2cccc(OCC)c2)nc1C. The fraction of sp³-hybridized carbons (Fsp3) is 0.241. The Bertz CT molecular complexity index is 1670. The molecule has 11 heteroatoms. The highest BCUT2D eigenvalue weighted by atomic mass is 32.1. The third-order valence-corrected chi connectivity index (χ3v) is 7.48. The first kappa shape index (κ1) is 26.9. The van der Waals surface area contributed by atoms with Gasteiger partial charge in [-0.3, -0.25) is 14.5 Å². The summed E-state index contributed by atoms with van der Waals surface area (Å²) in [6.45, 7) is 5.72. The van der Waals surface area contributed by atoms with Crippen molar-refractivity contribution < 1.29 is 38.1 Å². The summed E-state index contributed by atoms with van der Waals surface area (Å²) in [5.41, 5.74) is 1.02. The molecule has 0 bridgehead atoms. The minimum Gasteiger partial charge on any atom is -0.503 e. The van der Waals surface area contributed by atoms with Crippen molar-refractivity contribution >= 4 is 45.1 Å². The number of nitrogens with zero attached hydrogens (tertiary/aromatic N) is 2. The Labute approximate surface area is 233 Å². The van der Waals surface area contributed by atoms with Crippen LogP contribution in [0.4, 0.5) is 5.13 Å². The number of benzene rings is 2. The number of fused-ring (bicyclic) bond motifs is 1. The zero-order chi connectivity index (χ0) is 28.6. The fourth-order valence-corrected chi connectivity index (χ4v) is 5.59. The number of thiazole rings is 1. The molecule has 0 aliphatic carbocycles. The monoisotopic (exact) mass is 562 g/mol. The van der Waals surface area contributed by atoms with Gasteiger partial charge in [0.2, 0.25) is 5.78 Å². The van der Waals surface area contributed by atoms with Crippen molar-refractivity contribution in [2.45, 2.75) is 26.8 Å². The zero-order valence-electron chi connectivity index (χ0n) is 22.2. The van der Waals surface area contributed by atoms with E-state index in [1.165, 1.54) is 18.1 Å². The van der Waals surface area contributed by atoms with Gasteiger partial charge in [-0.05, 0) is 50.6 Å². The molecule has 4 aromatic rings. The first-order chi connectivity index (χ1) is 19.3. The number of aromatic nitrogens is 1. The van der Waals surface area contributed by atoms with E-state index in [0.29, 0.717) is 40.3 Å². The molecule has 40 heavy (non-hydrogen) atoms. The highest BCUT2D eigenvalue weighted by Gasteiger charge is 2.47. The lowest BCUT2D eigenvalue weighted by Gasteiger charge is -2.24. The number of rotatable bonds is 9. The smallest absolute Gasteiger partial charge is 0.350 e. The molecule has 10 nitrogen and oxygen atoms in total. The fourth-order valence-electron chi connectivity index (χ4n) is 4.60. The van der Waals surface area contributed by atoms with Crippen molar-refractivity contribution in [2.24, 2.45) is 0 Å². The van der Waals surface area contributed by atoms with Crippen LogP contribution in [0.3, 0.4) is 0 Å². The van der Waals surface area contributed by atoms with E-state index in [2.05, 4.69) is 4.98 Å². The van der Waals surface area contributed by atoms with Crippen molar-refractivity contribution in [3.05, 3.63) is 81.8 Å². The van der Waals surface area contributed by atoms with Crippen molar-refractivity contribution in [1.29, 1.82) is 0 Å². The molecule has 3 heterocycles. The normalized spacial score (nSPS) is 15.2. The van der Waals surface area contributed by atoms with Crippen LogP contribution in [-0.2, 0) is 9.53 Å². The Balaban J connectivity index is 1.65. The molecule has 0 fully saturated rings. The van der Waals surface area contributed by atoms with Gasteiger partial charge in [-0.25, -0.2) is 9.78 Å². The molecule has 1 N–H and O–H groups in total. The molecule has 0 radical (unpaired) electrons. The summed E-state index contributed by atoms with van der Waals surface area (Å²) in [7, 11) is 1.49. The number of hydrogen-bond acceptors (Lipinski definition) is 10. The summed E-state index contributed by atoms with van der Waals surface area (Å²) in [5.74, 6) is -1.97. The van der Waals surface area contributed by atoms with Crippen molar-refractivity contribution in [3.63, 3.8) is 0 Å². The molecule has 0 saturated carbocycles. The number of ether oxygens (including phenoxy) is 3. The van der Waals surface area contributed by atoms with Crippen LogP contribution < -0.4 is 14.4 Å². The lowest BCUT2D eigenvalue weighted by atomic mass is 9.95.